The molecule has 5 aromatic rings. The second kappa shape index (κ2) is 11.3. The molecule has 4 aromatic carbocycles. The number of hydrogen-bond acceptors (Lipinski definition) is 4. The van der Waals surface area contributed by atoms with Gasteiger partial charge in [-0.25, -0.2) is 30.2 Å². The van der Waals surface area contributed by atoms with E-state index < -0.39 is 23.5 Å². The van der Waals surface area contributed by atoms with Crippen LogP contribution in [-0.4, -0.2) is 9.97 Å². The molecule has 0 atom stereocenters. The van der Waals surface area contributed by atoms with Crippen LogP contribution in [-0.2, 0) is 12.4 Å². The van der Waals surface area contributed by atoms with E-state index in [2.05, 4.69) is 9.69 Å². The molecule has 12 heteroatoms. The monoisotopic (exact) mass is 668 g/mol. The molecule has 0 fully saturated rings. The predicted octanol–water partition coefficient (Wildman–Crippen LogP) is 10.2. The van der Waals surface area contributed by atoms with E-state index in [9.17, 15) is 36.9 Å². The van der Waals surface area contributed by atoms with E-state index in [4.69, 9.17) is 23.1 Å². The van der Waals surface area contributed by atoms with Gasteiger partial charge >= 0.3 is 12.4 Å². The molecule has 0 amide bonds. The van der Waals surface area contributed by atoms with Gasteiger partial charge < -0.3 is 0 Å². The van der Waals surface area contributed by atoms with Crippen LogP contribution in [0.25, 0.3) is 65.6 Å². The van der Waals surface area contributed by atoms with Crippen LogP contribution < -0.4 is 0 Å². The molecule has 0 unspecified atom stereocenters. The fraction of sp³-hybridized carbons (Fsp3) is 0.0526. The van der Waals surface area contributed by atoms with E-state index in [-0.39, 0.29) is 45.3 Å². The third-order valence-corrected chi connectivity index (χ3v) is 8.46. The van der Waals surface area contributed by atoms with Crippen LogP contribution in [0.1, 0.15) is 33.6 Å². The molecule has 2 aliphatic carbocycles. The number of hydrogen-bond donors (Lipinski definition) is 0. The number of alkyl halides is 6. The molecule has 238 valence electrons. The van der Waals surface area contributed by atoms with Crippen molar-refractivity contribution in [1.29, 1.82) is 10.5 Å². The van der Waals surface area contributed by atoms with Gasteiger partial charge in [0, 0.05) is 22.3 Å². The number of nitriles is 2. The number of nitrogens with zero attached hydrogens (tertiary/aromatic N) is 6. The van der Waals surface area contributed by atoms with Crippen molar-refractivity contribution < 1.29 is 26.3 Å². The maximum absolute atomic E-state index is 13.2. The molecule has 7 rings (SSSR count). The summed E-state index contributed by atoms with van der Waals surface area (Å²) in [5, 5.41) is 19.8. The van der Waals surface area contributed by atoms with Crippen LogP contribution in [0.2, 0.25) is 0 Å². The first-order valence-electron chi connectivity index (χ1n) is 14.5. The van der Waals surface area contributed by atoms with E-state index >= 15 is 0 Å². The summed E-state index contributed by atoms with van der Waals surface area (Å²) in [4.78, 5) is 16.6. The van der Waals surface area contributed by atoms with Crippen molar-refractivity contribution in [2.45, 2.75) is 12.4 Å². The molecule has 0 radical (unpaired) electrons. The summed E-state index contributed by atoms with van der Waals surface area (Å²) in [6.45, 7) is 15.4. The highest BCUT2D eigenvalue weighted by Crippen LogP contribution is 2.51. The summed E-state index contributed by atoms with van der Waals surface area (Å²) >= 11 is 0. The Morgan fingerprint density at radius 1 is 0.500 bits per heavy atom. The minimum Gasteiger partial charge on any atom is -0.245 e. The Labute approximate surface area is 279 Å². The van der Waals surface area contributed by atoms with Gasteiger partial charge in [-0.05, 0) is 69.8 Å². The highest BCUT2D eigenvalue weighted by molar-refractivity contribution is 6.07. The Kier molecular flexibility index (Phi) is 7.14. The smallest absolute Gasteiger partial charge is 0.245 e. The van der Waals surface area contributed by atoms with Gasteiger partial charge in [0.2, 0.25) is 0 Å². The summed E-state index contributed by atoms with van der Waals surface area (Å²) in [6.07, 6.45) is -9.04. The number of rotatable bonds is 2. The van der Waals surface area contributed by atoms with Crippen LogP contribution in [0, 0.1) is 35.8 Å². The van der Waals surface area contributed by atoms with Gasteiger partial charge in [-0.15, -0.1) is 0 Å². The van der Waals surface area contributed by atoms with Gasteiger partial charge in [-0.1, -0.05) is 48.5 Å². The lowest BCUT2D eigenvalue weighted by Gasteiger charge is -2.09. The van der Waals surface area contributed by atoms with Crippen molar-refractivity contribution in [1.82, 2.24) is 9.97 Å². The topological polar surface area (TPSA) is 82.1 Å². The summed E-state index contributed by atoms with van der Waals surface area (Å²) < 4.78 is 79.3. The zero-order valence-corrected chi connectivity index (χ0v) is 25.0. The van der Waals surface area contributed by atoms with Crippen LogP contribution in [0.4, 0.5) is 26.3 Å². The predicted molar refractivity (Wildman–Crippen MR) is 170 cm³/mol. The molecule has 1 aromatic heterocycles. The molecule has 50 heavy (non-hydrogen) atoms. The largest absolute Gasteiger partial charge is 0.416 e. The molecule has 0 saturated heterocycles. The molecule has 0 spiro atoms. The average molecular weight is 669 g/mol. The second-order valence-corrected chi connectivity index (χ2v) is 11.2. The lowest BCUT2D eigenvalue weighted by atomic mass is 9.97. The third-order valence-electron chi connectivity index (χ3n) is 8.46. The Bertz CT molecular complexity index is 2320. The number of halogens is 6. The molecule has 0 bridgehead atoms. The van der Waals surface area contributed by atoms with Crippen molar-refractivity contribution >= 4 is 11.1 Å². The van der Waals surface area contributed by atoms with Gasteiger partial charge in [0.1, 0.15) is 0 Å². The standard InChI is InChI=1S/C38H14F6N6/c1-47-29(17-45)31-25-13-7-21(19-3-9-23(10-4-19)37(39,40)41)15-27(25)33-35(31)49-34-28-16-22(20-5-11-24(12-6-20)38(42,43)44)8-14-26(28)32(36(34)50-33)30(18-46)48-2/h3-16H/b31-29-,32-30+. The van der Waals surface area contributed by atoms with Crippen molar-refractivity contribution in [3.8, 4) is 56.9 Å². The summed E-state index contributed by atoms with van der Waals surface area (Å²) in [7, 11) is 0. The minimum absolute atomic E-state index is 0.171. The number of benzene rings is 4. The van der Waals surface area contributed by atoms with Gasteiger partial charge in [0.25, 0.3) is 11.4 Å². The maximum Gasteiger partial charge on any atom is 0.416 e. The molecule has 0 aliphatic heterocycles. The van der Waals surface area contributed by atoms with E-state index in [1.165, 1.54) is 24.3 Å². The van der Waals surface area contributed by atoms with Crippen LogP contribution in [0.15, 0.2) is 96.3 Å². The lowest BCUT2D eigenvalue weighted by Crippen LogP contribution is -2.04. The molecule has 0 N–H and O–H groups in total. The first kappa shape index (κ1) is 31.6. The van der Waals surface area contributed by atoms with Gasteiger partial charge in [-0.3, -0.25) is 0 Å². The van der Waals surface area contributed by atoms with Crippen LogP contribution in [0.3, 0.4) is 0 Å². The summed E-state index contributed by atoms with van der Waals surface area (Å²) in [5.41, 5.74) is 2.67. The highest BCUT2D eigenvalue weighted by Gasteiger charge is 2.37. The van der Waals surface area contributed by atoms with Gasteiger partial charge in [-0.2, -0.15) is 26.3 Å². The Morgan fingerprint density at radius 2 is 0.840 bits per heavy atom. The molecule has 2 aliphatic rings. The number of fused-ring (bicyclic) bond motifs is 6. The fourth-order valence-corrected chi connectivity index (χ4v) is 6.15. The van der Waals surface area contributed by atoms with E-state index in [0.29, 0.717) is 44.5 Å². The van der Waals surface area contributed by atoms with Crippen molar-refractivity contribution in [3.63, 3.8) is 0 Å². The van der Waals surface area contributed by atoms with Crippen LogP contribution in [0.5, 0.6) is 0 Å². The first-order chi connectivity index (χ1) is 23.9. The molecule has 1 heterocycles. The zero-order valence-electron chi connectivity index (χ0n) is 25.0. The third kappa shape index (κ3) is 4.95. The summed E-state index contributed by atoms with van der Waals surface area (Å²) in [6, 6.07) is 22.8. The Balaban J connectivity index is 1.45. The zero-order chi connectivity index (χ0) is 35.5. The average Bonchev–Trinajstić information content (AvgIpc) is 3.59. The van der Waals surface area contributed by atoms with E-state index in [1.54, 1.807) is 36.4 Å². The normalized spacial score (nSPS) is 14.6. The van der Waals surface area contributed by atoms with E-state index in [1.807, 2.05) is 12.1 Å². The van der Waals surface area contributed by atoms with Gasteiger partial charge in [0.05, 0.1) is 59.2 Å². The van der Waals surface area contributed by atoms with E-state index in [0.717, 1.165) is 24.3 Å². The first-order valence-corrected chi connectivity index (χ1v) is 14.5. The summed E-state index contributed by atoms with van der Waals surface area (Å²) in [5.74, 6) is 0. The van der Waals surface area contributed by atoms with Crippen molar-refractivity contribution in [2.75, 3.05) is 0 Å². The van der Waals surface area contributed by atoms with Crippen LogP contribution >= 0.6 is 0 Å². The fourth-order valence-electron chi connectivity index (χ4n) is 6.15. The highest BCUT2D eigenvalue weighted by atomic mass is 19.4. The van der Waals surface area contributed by atoms with Gasteiger partial charge in [0.15, 0.2) is 0 Å². The maximum atomic E-state index is 13.2. The molecule has 6 nitrogen and oxygen atoms in total. The minimum atomic E-state index is -4.52. The Morgan fingerprint density at radius 3 is 1.14 bits per heavy atom. The quantitative estimate of drug-likeness (QED) is 0.104. The molecular weight excluding hydrogens is 654 g/mol. The number of aromatic nitrogens is 2. The molecule has 0 saturated carbocycles. The number of allylic oxidation sites excluding steroid dienone is 2. The Hall–Kier alpha value is -7.02. The lowest BCUT2D eigenvalue weighted by molar-refractivity contribution is -0.138. The molecular formula is C38H14F6N6. The van der Waals surface area contributed by atoms with Crippen molar-refractivity contribution in [2.24, 2.45) is 0 Å². The SMILES string of the molecule is [C-]#[N+]/C(C#N)=C1/c2ccc(-c3ccc(C(F)(F)F)cc3)cc2-c2nc3c(nc21)-c1cc(-c2ccc(C(F)(F)F)cc2)ccc1/C3=C(/C#N)[N+]#[C-]. The second-order valence-electron chi connectivity index (χ2n) is 11.2. The van der Waals surface area contributed by atoms with Crippen molar-refractivity contribution in [3.05, 3.63) is 153 Å².